The second-order valence-corrected chi connectivity index (χ2v) is 5.04. The van der Waals surface area contributed by atoms with Crippen molar-refractivity contribution in [2.45, 2.75) is 26.1 Å². The number of carbonyl (C=O) groups is 2. The van der Waals surface area contributed by atoms with Gasteiger partial charge in [0.05, 0.1) is 12.2 Å². The van der Waals surface area contributed by atoms with Crippen molar-refractivity contribution < 1.29 is 14.3 Å². The molecule has 1 heterocycles. The van der Waals surface area contributed by atoms with E-state index in [0.29, 0.717) is 24.3 Å². The molecule has 3 N–H and O–H groups in total. The van der Waals surface area contributed by atoms with E-state index >= 15 is 0 Å². The van der Waals surface area contributed by atoms with Crippen LogP contribution < -0.4 is 11.1 Å². The van der Waals surface area contributed by atoms with E-state index in [2.05, 4.69) is 5.32 Å². The summed E-state index contributed by atoms with van der Waals surface area (Å²) in [6, 6.07) is 6.37. The van der Waals surface area contributed by atoms with Crippen molar-refractivity contribution in [2.75, 3.05) is 18.4 Å². The van der Waals surface area contributed by atoms with Gasteiger partial charge in [-0.15, -0.1) is 0 Å². The van der Waals surface area contributed by atoms with Crippen molar-refractivity contribution in [3.05, 3.63) is 29.8 Å². The van der Waals surface area contributed by atoms with Gasteiger partial charge in [-0.1, -0.05) is 6.07 Å². The zero-order chi connectivity index (χ0) is 14.7. The number of carbonyl (C=O) groups excluding carboxylic acids is 2. The van der Waals surface area contributed by atoms with Crippen LogP contribution in [0, 0.1) is 0 Å². The van der Waals surface area contributed by atoms with E-state index in [0.717, 1.165) is 0 Å². The quantitative estimate of drug-likeness (QED) is 0.857. The smallest absolute Gasteiger partial charge is 0.322 e. The molecule has 2 unspecified atom stereocenters. The van der Waals surface area contributed by atoms with Gasteiger partial charge in [-0.2, -0.15) is 0 Å². The Balaban J connectivity index is 2.04. The highest BCUT2D eigenvalue weighted by atomic mass is 16.5. The molecular formula is C14H19N3O3. The Morgan fingerprint density at radius 1 is 1.30 bits per heavy atom. The summed E-state index contributed by atoms with van der Waals surface area (Å²) in [6.07, 6.45) is 0.0305. The zero-order valence-corrected chi connectivity index (χ0v) is 11.6. The first-order valence-electron chi connectivity index (χ1n) is 6.57. The first-order chi connectivity index (χ1) is 9.45. The zero-order valence-electron chi connectivity index (χ0n) is 11.6. The average molecular weight is 277 g/mol. The third-order valence-corrected chi connectivity index (χ3v) is 3.11. The Kier molecular flexibility index (Phi) is 4.24. The molecule has 1 aliphatic heterocycles. The molecule has 1 aromatic carbocycles. The van der Waals surface area contributed by atoms with Crippen molar-refractivity contribution in [3.8, 4) is 0 Å². The van der Waals surface area contributed by atoms with E-state index in [1.807, 2.05) is 13.8 Å². The lowest BCUT2D eigenvalue weighted by Crippen LogP contribution is -2.49. The van der Waals surface area contributed by atoms with Gasteiger partial charge < -0.3 is 20.7 Å². The number of amides is 3. The first-order valence-corrected chi connectivity index (χ1v) is 6.57. The lowest BCUT2D eigenvalue weighted by molar-refractivity contribution is -0.0530. The molecule has 6 nitrogen and oxygen atoms in total. The molecule has 1 aliphatic rings. The highest BCUT2D eigenvalue weighted by Crippen LogP contribution is 2.14. The summed E-state index contributed by atoms with van der Waals surface area (Å²) in [4.78, 5) is 25.0. The molecule has 3 amide bonds. The number of benzene rings is 1. The summed E-state index contributed by atoms with van der Waals surface area (Å²) in [5, 5.41) is 2.77. The fourth-order valence-electron chi connectivity index (χ4n) is 2.30. The number of hydrogen-bond acceptors (Lipinski definition) is 3. The van der Waals surface area contributed by atoms with Crippen molar-refractivity contribution >= 4 is 17.6 Å². The van der Waals surface area contributed by atoms with Gasteiger partial charge >= 0.3 is 6.03 Å². The van der Waals surface area contributed by atoms with Crippen LogP contribution >= 0.6 is 0 Å². The molecule has 0 bridgehead atoms. The molecule has 2 rings (SSSR count). The van der Waals surface area contributed by atoms with E-state index in [1.54, 1.807) is 29.2 Å². The van der Waals surface area contributed by atoms with Crippen LogP contribution in [0.2, 0.25) is 0 Å². The maximum Gasteiger partial charge on any atom is 0.322 e. The van der Waals surface area contributed by atoms with E-state index in [4.69, 9.17) is 10.5 Å². The van der Waals surface area contributed by atoms with Gasteiger partial charge in [0, 0.05) is 24.3 Å². The summed E-state index contributed by atoms with van der Waals surface area (Å²) in [7, 11) is 0. The van der Waals surface area contributed by atoms with Crippen LogP contribution in [-0.4, -0.2) is 42.1 Å². The predicted molar refractivity (Wildman–Crippen MR) is 75.6 cm³/mol. The summed E-state index contributed by atoms with van der Waals surface area (Å²) < 4.78 is 5.58. The number of nitrogens with zero attached hydrogens (tertiary/aromatic N) is 1. The van der Waals surface area contributed by atoms with Crippen LogP contribution in [0.4, 0.5) is 10.5 Å². The maximum absolute atomic E-state index is 12.2. The van der Waals surface area contributed by atoms with Gasteiger partial charge in [0.2, 0.25) is 5.91 Å². The lowest BCUT2D eigenvalue weighted by atomic mass is 10.2. The summed E-state index contributed by atoms with van der Waals surface area (Å²) >= 11 is 0. The maximum atomic E-state index is 12.2. The van der Waals surface area contributed by atoms with Crippen LogP contribution in [0.3, 0.4) is 0 Å². The summed E-state index contributed by atoms with van der Waals surface area (Å²) in [5.74, 6) is -0.519. The number of morpholine rings is 1. The fraction of sp³-hybridized carbons (Fsp3) is 0.429. The van der Waals surface area contributed by atoms with Gasteiger partial charge in [0.25, 0.3) is 0 Å². The number of nitrogens with one attached hydrogen (secondary N) is 1. The summed E-state index contributed by atoms with van der Waals surface area (Å²) in [6.45, 7) is 4.96. The Morgan fingerprint density at radius 3 is 2.55 bits per heavy atom. The molecule has 0 aliphatic carbocycles. The van der Waals surface area contributed by atoms with Crippen molar-refractivity contribution in [1.82, 2.24) is 4.90 Å². The molecule has 108 valence electrons. The normalized spacial score (nSPS) is 22.4. The topological polar surface area (TPSA) is 84.7 Å². The monoisotopic (exact) mass is 277 g/mol. The Morgan fingerprint density at radius 2 is 1.95 bits per heavy atom. The van der Waals surface area contributed by atoms with Gasteiger partial charge in [-0.3, -0.25) is 4.79 Å². The average Bonchev–Trinajstić information content (AvgIpc) is 2.37. The number of rotatable bonds is 2. The first kappa shape index (κ1) is 14.3. The molecular weight excluding hydrogens is 258 g/mol. The van der Waals surface area contributed by atoms with Crippen LogP contribution in [0.25, 0.3) is 0 Å². The third-order valence-electron chi connectivity index (χ3n) is 3.11. The molecule has 1 saturated heterocycles. The van der Waals surface area contributed by atoms with Crippen LogP contribution in [0.5, 0.6) is 0 Å². The molecule has 6 heteroatoms. The number of anilines is 1. The SMILES string of the molecule is CC1CN(C(=O)Nc2cccc(C(N)=O)c2)CC(C)O1. The number of nitrogens with two attached hydrogens (primary N) is 1. The van der Waals surface area contributed by atoms with Gasteiger partial charge in [-0.25, -0.2) is 4.79 Å². The lowest BCUT2D eigenvalue weighted by Gasteiger charge is -2.35. The van der Waals surface area contributed by atoms with E-state index in [9.17, 15) is 9.59 Å². The number of primary amides is 1. The van der Waals surface area contributed by atoms with Crippen molar-refractivity contribution in [2.24, 2.45) is 5.73 Å². The van der Waals surface area contributed by atoms with Crippen molar-refractivity contribution in [3.63, 3.8) is 0 Å². The predicted octanol–water partition coefficient (Wildman–Crippen LogP) is 1.43. The number of ether oxygens (including phenoxy) is 1. The molecule has 2 atom stereocenters. The minimum Gasteiger partial charge on any atom is -0.372 e. The van der Waals surface area contributed by atoms with Gasteiger partial charge in [-0.05, 0) is 32.0 Å². The largest absolute Gasteiger partial charge is 0.372 e. The molecule has 0 aromatic heterocycles. The molecule has 0 spiro atoms. The Bertz CT molecular complexity index is 508. The third kappa shape index (κ3) is 3.48. The molecule has 1 aromatic rings. The van der Waals surface area contributed by atoms with Crippen LogP contribution in [0.15, 0.2) is 24.3 Å². The highest BCUT2D eigenvalue weighted by Gasteiger charge is 2.25. The Labute approximate surface area is 117 Å². The minimum atomic E-state index is -0.519. The van der Waals surface area contributed by atoms with Gasteiger partial charge in [0.1, 0.15) is 0 Å². The molecule has 20 heavy (non-hydrogen) atoms. The molecule has 0 radical (unpaired) electrons. The minimum absolute atomic E-state index is 0.0152. The van der Waals surface area contributed by atoms with E-state index < -0.39 is 5.91 Å². The molecule has 0 saturated carbocycles. The van der Waals surface area contributed by atoms with E-state index in [1.165, 1.54) is 0 Å². The highest BCUT2D eigenvalue weighted by molar-refractivity contribution is 5.95. The summed E-state index contributed by atoms with van der Waals surface area (Å²) in [5.41, 5.74) is 6.13. The standard InChI is InChI=1S/C14H19N3O3/c1-9-7-17(8-10(2)20-9)14(19)16-12-5-3-4-11(6-12)13(15)18/h3-6,9-10H,7-8H2,1-2H3,(H2,15,18)(H,16,19). The van der Waals surface area contributed by atoms with E-state index in [-0.39, 0.29) is 18.2 Å². The van der Waals surface area contributed by atoms with Crippen molar-refractivity contribution in [1.29, 1.82) is 0 Å². The number of urea groups is 1. The second-order valence-electron chi connectivity index (χ2n) is 5.04. The van der Waals surface area contributed by atoms with Gasteiger partial charge in [0.15, 0.2) is 0 Å². The number of hydrogen-bond donors (Lipinski definition) is 2. The second kappa shape index (κ2) is 5.92. The van der Waals surface area contributed by atoms with Crippen LogP contribution in [-0.2, 0) is 4.74 Å². The Hall–Kier alpha value is -2.08. The molecule has 1 fully saturated rings. The fourth-order valence-corrected chi connectivity index (χ4v) is 2.30. The van der Waals surface area contributed by atoms with Crippen LogP contribution in [0.1, 0.15) is 24.2 Å².